The number of likely N-dealkylation sites (tertiary alicyclic amines) is 1. The van der Waals surface area contributed by atoms with Crippen LogP contribution in [0.1, 0.15) is 18.5 Å². The van der Waals surface area contributed by atoms with Gasteiger partial charge in [0.15, 0.2) is 0 Å². The third kappa shape index (κ3) is 2.80. The van der Waals surface area contributed by atoms with E-state index in [9.17, 15) is 4.39 Å². The van der Waals surface area contributed by atoms with Crippen LogP contribution in [0.25, 0.3) is 10.9 Å². The molecule has 19 heavy (non-hydrogen) atoms. The molecule has 3 nitrogen and oxygen atoms in total. The van der Waals surface area contributed by atoms with Crippen molar-refractivity contribution in [2.75, 3.05) is 20.2 Å². The van der Waals surface area contributed by atoms with Gasteiger partial charge in [0, 0.05) is 36.8 Å². The lowest BCUT2D eigenvalue weighted by Crippen LogP contribution is -2.38. The molecular weight excluding hydrogens is 243 g/mol. The number of nitrogens with zero attached hydrogens (tertiary/aromatic N) is 1. The number of ether oxygens (including phenoxy) is 1. The van der Waals surface area contributed by atoms with Crippen molar-refractivity contribution < 1.29 is 9.13 Å². The van der Waals surface area contributed by atoms with Gasteiger partial charge >= 0.3 is 0 Å². The minimum Gasteiger partial charge on any atom is -0.380 e. The van der Waals surface area contributed by atoms with E-state index in [-0.39, 0.29) is 5.82 Å². The summed E-state index contributed by atoms with van der Waals surface area (Å²) in [4.78, 5) is 5.74. The average molecular weight is 262 g/mol. The molecule has 2 aromatic rings. The monoisotopic (exact) mass is 262 g/mol. The maximum absolute atomic E-state index is 13.2. The number of hydrogen-bond donors (Lipinski definition) is 1. The van der Waals surface area contributed by atoms with E-state index in [0.29, 0.717) is 6.10 Å². The Balaban J connectivity index is 1.74. The average Bonchev–Trinajstić information content (AvgIpc) is 2.80. The second-order valence-corrected chi connectivity index (χ2v) is 5.26. The number of aromatic amines is 1. The summed E-state index contributed by atoms with van der Waals surface area (Å²) in [5, 5.41) is 0.940. The lowest BCUT2D eigenvalue weighted by Gasteiger charge is -2.31. The van der Waals surface area contributed by atoms with Crippen molar-refractivity contribution in [2.24, 2.45) is 0 Å². The fourth-order valence-electron chi connectivity index (χ4n) is 2.84. The predicted molar refractivity (Wildman–Crippen MR) is 73.6 cm³/mol. The molecule has 1 atom stereocenters. The Morgan fingerprint density at radius 1 is 1.42 bits per heavy atom. The summed E-state index contributed by atoms with van der Waals surface area (Å²) >= 11 is 0. The molecule has 1 aromatic carbocycles. The van der Waals surface area contributed by atoms with Crippen molar-refractivity contribution in [1.29, 1.82) is 0 Å². The number of H-pyrrole nitrogens is 1. The molecule has 0 radical (unpaired) electrons. The largest absolute Gasteiger partial charge is 0.380 e. The van der Waals surface area contributed by atoms with Gasteiger partial charge < -0.3 is 9.72 Å². The van der Waals surface area contributed by atoms with E-state index in [1.165, 1.54) is 12.5 Å². The van der Waals surface area contributed by atoms with Gasteiger partial charge in [-0.15, -0.1) is 0 Å². The normalized spacial score (nSPS) is 21.1. The quantitative estimate of drug-likeness (QED) is 0.921. The van der Waals surface area contributed by atoms with Crippen LogP contribution in [0.4, 0.5) is 4.39 Å². The van der Waals surface area contributed by atoms with E-state index in [0.717, 1.165) is 42.7 Å². The van der Waals surface area contributed by atoms with Gasteiger partial charge in [-0.25, -0.2) is 4.39 Å². The number of rotatable bonds is 3. The first-order valence-corrected chi connectivity index (χ1v) is 6.77. The van der Waals surface area contributed by atoms with Crippen LogP contribution in [0.15, 0.2) is 24.3 Å². The Kier molecular flexibility index (Phi) is 3.53. The first-order valence-electron chi connectivity index (χ1n) is 6.77. The van der Waals surface area contributed by atoms with E-state index in [1.807, 2.05) is 6.07 Å². The molecule has 0 bridgehead atoms. The van der Waals surface area contributed by atoms with Crippen molar-refractivity contribution in [3.8, 4) is 0 Å². The molecule has 1 aromatic heterocycles. The van der Waals surface area contributed by atoms with Crippen LogP contribution < -0.4 is 0 Å². The molecule has 3 rings (SSSR count). The molecular formula is C15H19FN2O. The molecule has 0 aliphatic carbocycles. The molecule has 2 heterocycles. The zero-order chi connectivity index (χ0) is 13.2. The first kappa shape index (κ1) is 12.6. The molecule has 1 aliphatic rings. The van der Waals surface area contributed by atoms with Crippen molar-refractivity contribution in [2.45, 2.75) is 25.5 Å². The van der Waals surface area contributed by atoms with Crippen molar-refractivity contribution in [3.05, 3.63) is 35.8 Å². The fourth-order valence-corrected chi connectivity index (χ4v) is 2.84. The number of halogens is 1. The summed E-state index contributed by atoms with van der Waals surface area (Å²) in [6.45, 7) is 2.94. The zero-order valence-electron chi connectivity index (χ0n) is 11.2. The second kappa shape index (κ2) is 5.31. The van der Waals surface area contributed by atoms with Crippen LogP contribution in [0.2, 0.25) is 0 Å². The van der Waals surface area contributed by atoms with Crippen LogP contribution in [0, 0.1) is 5.82 Å². The standard InChI is InChI=1S/C15H19FN2O/c1-19-14-3-2-6-18(10-14)9-13-8-11-7-12(16)4-5-15(11)17-13/h4-5,7-8,14,17H,2-3,6,9-10H2,1H3/t14-/m0/s1. The highest BCUT2D eigenvalue weighted by molar-refractivity contribution is 5.80. The van der Waals surface area contributed by atoms with Gasteiger partial charge in [0.1, 0.15) is 5.82 Å². The number of benzene rings is 1. The maximum atomic E-state index is 13.2. The molecule has 0 saturated carbocycles. The third-order valence-electron chi connectivity index (χ3n) is 3.83. The summed E-state index contributed by atoms with van der Waals surface area (Å²) in [5.74, 6) is -0.185. The van der Waals surface area contributed by atoms with Gasteiger partial charge in [0.25, 0.3) is 0 Å². The van der Waals surface area contributed by atoms with Gasteiger partial charge in [-0.05, 0) is 43.7 Å². The van der Waals surface area contributed by atoms with E-state index < -0.39 is 0 Å². The molecule has 0 spiro atoms. The van der Waals surface area contributed by atoms with Crippen molar-refractivity contribution in [1.82, 2.24) is 9.88 Å². The van der Waals surface area contributed by atoms with E-state index in [1.54, 1.807) is 19.2 Å². The number of piperidine rings is 1. The van der Waals surface area contributed by atoms with E-state index >= 15 is 0 Å². The maximum Gasteiger partial charge on any atom is 0.123 e. The molecule has 0 unspecified atom stereocenters. The minimum absolute atomic E-state index is 0.185. The SMILES string of the molecule is CO[C@H]1CCCN(Cc2cc3cc(F)ccc3[nH]2)C1. The van der Waals surface area contributed by atoms with Gasteiger partial charge in [-0.3, -0.25) is 4.90 Å². The molecule has 102 valence electrons. The third-order valence-corrected chi connectivity index (χ3v) is 3.83. The van der Waals surface area contributed by atoms with E-state index in [4.69, 9.17) is 4.74 Å². The second-order valence-electron chi connectivity index (χ2n) is 5.26. The lowest BCUT2D eigenvalue weighted by molar-refractivity contribution is 0.0282. The number of methoxy groups -OCH3 is 1. The van der Waals surface area contributed by atoms with Crippen LogP contribution >= 0.6 is 0 Å². The Morgan fingerprint density at radius 2 is 2.32 bits per heavy atom. The Morgan fingerprint density at radius 3 is 3.16 bits per heavy atom. The van der Waals surface area contributed by atoms with Crippen molar-refractivity contribution in [3.63, 3.8) is 0 Å². The first-order chi connectivity index (χ1) is 9.24. The molecule has 1 N–H and O–H groups in total. The molecule has 1 fully saturated rings. The predicted octanol–water partition coefficient (Wildman–Crippen LogP) is 2.92. The highest BCUT2D eigenvalue weighted by Crippen LogP contribution is 2.20. The van der Waals surface area contributed by atoms with Gasteiger partial charge in [-0.2, -0.15) is 0 Å². The molecule has 1 saturated heterocycles. The fraction of sp³-hybridized carbons (Fsp3) is 0.467. The zero-order valence-corrected chi connectivity index (χ0v) is 11.2. The summed E-state index contributed by atoms with van der Waals surface area (Å²) in [5.41, 5.74) is 2.13. The van der Waals surface area contributed by atoms with Crippen LogP contribution in [-0.2, 0) is 11.3 Å². The van der Waals surface area contributed by atoms with Gasteiger partial charge in [0.05, 0.1) is 6.10 Å². The molecule has 1 aliphatic heterocycles. The highest BCUT2D eigenvalue weighted by atomic mass is 19.1. The van der Waals surface area contributed by atoms with E-state index in [2.05, 4.69) is 9.88 Å². The van der Waals surface area contributed by atoms with Gasteiger partial charge in [-0.1, -0.05) is 0 Å². The number of aromatic nitrogens is 1. The Bertz CT molecular complexity index is 566. The molecule has 4 heteroatoms. The Hall–Kier alpha value is -1.39. The summed E-state index contributed by atoms with van der Waals surface area (Å²) in [7, 11) is 1.78. The summed E-state index contributed by atoms with van der Waals surface area (Å²) < 4.78 is 18.6. The van der Waals surface area contributed by atoms with Crippen molar-refractivity contribution >= 4 is 10.9 Å². The summed E-state index contributed by atoms with van der Waals surface area (Å²) in [6.07, 6.45) is 2.66. The number of fused-ring (bicyclic) bond motifs is 1. The minimum atomic E-state index is -0.185. The number of hydrogen-bond acceptors (Lipinski definition) is 2. The highest BCUT2D eigenvalue weighted by Gasteiger charge is 2.19. The topological polar surface area (TPSA) is 28.3 Å². The smallest absolute Gasteiger partial charge is 0.123 e. The summed E-state index contributed by atoms with van der Waals surface area (Å²) in [6, 6.07) is 6.89. The lowest BCUT2D eigenvalue weighted by atomic mass is 10.1. The van der Waals surface area contributed by atoms with Crippen LogP contribution in [0.5, 0.6) is 0 Å². The van der Waals surface area contributed by atoms with Crippen LogP contribution in [-0.4, -0.2) is 36.2 Å². The van der Waals surface area contributed by atoms with Crippen LogP contribution in [0.3, 0.4) is 0 Å². The molecule has 0 amide bonds. The Labute approximate surface area is 112 Å². The van der Waals surface area contributed by atoms with Gasteiger partial charge in [0.2, 0.25) is 0 Å². The number of nitrogens with one attached hydrogen (secondary N) is 1.